The van der Waals surface area contributed by atoms with Crippen molar-refractivity contribution in [3.05, 3.63) is 53.6 Å². The van der Waals surface area contributed by atoms with Gasteiger partial charge in [-0.3, -0.25) is 9.88 Å². The van der Waals surface area contributed by atoms with Crippen molar-refractivity contribution in [3.63, 3.8) is 0 Å². The van der Waals surface area contributed by atoms with Crippen LogP contribution in [0.2, 0.25) is 0 Å². The molecule has 2 N–H and O–H groups in total. The first-order chi connectivity index (χ1) is 14.3. The molecule has 10 heteroatoms. The number of hydrogen-bond donors (Lipinski definition) is 2. The van der Waals surface area contributed by atoms with Crippen molar-refractivity contribution < 1.29 is 17.6 Å². The molecule has 1 aliphatic rings. The fourth-order valence-electron chi connectivity index (χ4n) is 3.20. The van der Waals surface area contributed by atoms with Crippen molar-refractivity contribution in [2.45, 2.75) is 20.4 Å². The summed E-state index contributed by atoms with van der Waals surface area (Å²) in [7, 11) is -3.17. The number of nitrogens with one attached hydrogen (secondary N) is 2. The fraction of sp³-hybridized carbons (Fsp3) is 0.400. The van der Waals surface area contributed by atoms with E-state index >= 15 is 0 Å². The van der Waals surface area contributed by atoms with E-state index in [-0.39, 0.29) is 11.4 Å². The third-order valence-electron chi connectivity index (χ3n) is 4.94. The van der Waals surface area contributed by atoms with E-state index in [0.717, 1.165) is 11.3 Å². The van der Waals surface area contributed by atoms with E-state index in [0.29, 0.717) is 38.4 Å². The van der Waals surface area contributed by atoms with Gasteiger partial charge < -0.3 is 10.6 Å². The minimum absolute atomic E-state index is 0.0808. The largest absolute Gasteiger partial charge is 0.323 e. The maximum Gasteiger partial charge on any atom is 0.323 e. The van der Waals surface area contributed by atoms with Gasteiger partial charge in [-0.25, -0.2) is 17.6 Å². The number of amides is 2. The van der Waals surface area contributed by atoms with E-state index in [9.17, 15) is 17.6 Å². The molecule has 0 unspecified atom stereocenters. The number of sulfonamides is 1. The predicted octanol–water partition coefficient (Wildman–Crippen LogP) is 2.64. The Morgan fingerprint density at radius 3 is 2.50 bits per heavy atom. The molecule has 3 rings (SSSR count). The van der Waals surface area contributed by atoms with Gasteiger partial charge in [0.15, 0.2) is 0 Å². The van der Waals surface area contributed by atoms with Gasteiger partial charge in [-0.2, -0.15) is 4.31 Å². The highest BCUT2D eigenvalue weighted by Gasteiger charge is 2.25. The van der Waals surface area contributed by atoms with Gasteiger partial charge in [0, 0.05) is 38.4 Å². The first kappa shape index (κ1) is 22.1. The number of halogens is 1. The van der Waals surface area contributed by atoms with Gasteiger partial charge in [0.2, 0.25) is 10.0 Å². The number of urea groups is 1. The highest BCUT2D eigenvalue weighted by Crippen LogP contribution is 2.19. The number of benzene rings is 1. The Hall–Kier alpha value is -2.56. The summed E-state index contributed by atoms with van der Waals surface area (Å²) < 4.78 is 39.6. The van der Waals surface area contributed by atoms with Gasteiger partial charge >= 0.3 is 6.03 Å². The van der Waals surface area contributed by atoms with Gasteiger partial charge in [-0.15, -0.1) is 0 Å². The van der Waals surface area contributed by atoms with Crippen LogP contribution in [0.4, 0.5) is 20.6 Å². The topological polar surface area (TPSA) is 94.6 Å². The zero-order valence-electron chi connectivity index (χ0n) is 17.1. The van der Waals surface area contributed by atoms with E-state index in [1.807, 2.05) is 6.92 Å². The molecular formula is C20H26FN5O3S. The Bertz CT molecular complexity index is 990. The molecule has 30 heavy (non-hydrogen) atoms. The molecule has 1 aliphatic heterocycles. The Morgan fingerprint density at radius 1 is 1.13 bits per heavy atom. The number of carbonyl (C=O) groups is 1. The Balaban J connectivity index is 1.58. The van der Waals surface area contributed by atoms with E-state index in [2.05, 4.69) is 20.5 Å². The normalized spacial score (nSPS) is 15.7. The number of aromatic nitrogens is 1. The predicted molar refractivity (Wildman–Crippen MR) is 114 cm³/mol. The lowest BCUT2D eigenvalue weighted by atomic mass is 10.1. The van der Waals surface area contributed by atoms with E-state index in [1.54, 1.807) is 31.2 Å². The van der Waals surface area contributed by atoms with Crippen molar-refractivity contribution in [1.29, 1.82) is 0 Å². The van der Waals surface area contributed by atoms with Crippen molar-refractivity contribution >= 4 is 27.4 Å². The average molecular weight is 436 g/mol. The molecule has 1 aromatic heterocycles. The van der Waals surface area contributed by atoms with E-state index < -0.39 is 21.9 Å². The first-order valence-electron chi connectivity index (χ1n) is 9.76. The molecule has 0 bridgehead atoms. The molecule has 0 atom stereocenters. The summed E-state index contributed by atoms with van der Waals surface area (Å²) in [5.41, 5.74) is 2.25. The number of carbonyl (C=O) groups excluding carboxylic acids is 1. The summed E-state index contributed by atoms with van der Waals surface area (Å²) >= 11 is 0. The standard InChI is InChI=1S/C20H26FN5O3S/c1-3-30(28,29)26-10-8-25(9-11-26)14-16-5-7-18(21)19(12-16)24-20(27)23-17-6-4-15(2)22-13-17/h4-7,12-13H,3,8-11,14H2,1-2H3,(H2,23,24,27). The third kappa shape index (κ3) is 5.74. The van der Waals surface area contributed by atoms with Crippen LogP contribution >= 0.6 is 0 Å². The molecule has 0 saturated carbocycles. The minimum Gasteiger partial charge on any atom is -0.306 e. The monoisotopic (exact) mass is 435 g/mol. The van der Waals surface area contributed by atoms with Crippen LogP contribution in [0.5, 0.6) is 0 Å². The minimum atomic E-state index is -3.17. The Kier molecular flexibility index (Phi) is 7.01. The van der Waals surface area contributed by atoms with E-state index in [1.165, 1.54) is 16.6 Å². The second kappa shape index (κ2) is 9.50. The molecule has 2 aromatic rings. The summed E-state index contributed by atoms with van der Waals surface area (Å²) in [6.07, 6.45) is 1.53. The average Bonchev–Trinajstić information content (AvgIpc) is 2.72. The lowest BCUT2D eigenvalue weighted by Gasteiger charge is -2.33. The number of anilines is 2. The van der Waals surface area contributed by atoms with Gasteiger partial charge in [-0.05, 0) is 43.7 Å². The molecule has 0 radical (unpaired) electrons. The van der Waals surface area contributed by atoms with Crippen LogP contribution in [0.15, 0.2) is 36.5 Å². The Morgan fingerprint density at radius 2 is 1.87 bits per heavy atom. The molecule has 8 nitrogen and oxygen atoms in total. The summed E-state index contributed by atoms with van der Waals surface area (Å²) in [6.45, 7) is 6.09. The molecule has 162 valence electrons. The molecular weight excluding hydrogens is 409 g/mol. The summed E-state index contributed by atoms with van der Waals surface area (Å²) in [5.74, 6) is -0.435. The van der Waals surface area contributed by atoms with Crippen LogP contribution in [0.3, 0.4) is 0 Å². The molecule has 0 aliphatic carbocycles. The maximum atomic E-state index is 14.2. The molecule has 2 amide bonds. The molecule has 1 aromatic carbocycles. The lowest BCUT2D eigenvalue weighted by Crippen LogP contribution is -2.48. The van der Waals surface area contributed by atoms with Crippen molar-refractivity contribution in [1.82, 2.24) is 14.2 Å². The second-order valence-electron chi connectivity index (χ2n) is 7.16. The molecule has 1 saturated heterocycles. The van der Waals surface area contributed by atoms with Crippen LogP contribution < -0.4 is 10.6 Å². The van der Waals surface area contributed by atoms with Crippen LogP contribution in [-0.4, -0.2) is 60.6 Å². The SMILES string of the molecule is CCS(=O)(=O)N1CCN(Cc2ccc(F)c(NC(=O)Nc3ccc(C)nc3)c2)CC1. The number of piperazine rings is 1. The second-order valence-corrected chi connectivity index (χ2v) is 9.41. The zero-order chi connectivity index (χ0) is 21.7. The van der Waals surface area contributed by atoms with Crippen molar-refractivity contribution in [3.8, 4) is 0 Å². The molecule has 1 fully saturated rings. The quantitative estimate of drug-likeness (QED) is 0.728. The smallest absolute Gasteiger partial charge is 0.306 e. The fourth-order valence-corrected chi connectivity index (χ4v) is 4.28. The van der Waals surface area contributed by atoms with Gasteiger partial charge in [-0.1, -0.05) is 6.07 Å². The van der Waals surface area contributed by atoms with Gasteiger partial charge in [0.25, 0.3) is 0 Å². The summed E-state index contributed by atoms with van der Waals surface area (Å²) in [4.78, 5) is 18.4. The number of nitrogens with zero attached hydrogens (tertiary/aromatic N) is 3. The third-order valence-corrected chi connectivity index (χ3v) is 6.83. The molecule has 2 heterocycles. The summed E-state index contributed by atoms with van der Waals surface area (Å²) in [5, 5.41) is 5.14. The number of hydrogen-bond acceptors (Lipinski definition) is 5. The number of aryl methyl sites for hydroxylation is 1. The first-order valence-corrected chi connectivity index (χ1v) is 11.4. The Labute approximate surface area is 176 Å². The number of rotatable bonds is 6. The molecule has 0 spiro atoms. The highest BCUT2D eigenvalue weighted by molar-refractivity contribution is 7.89. The van der Waals surface area contributed by atoms with E-state index in [4.69, 9.17) is 0 Å². The van der Waals surface area contributed by atoms with Crippen LogP contribution in [0, 0.1) is 12.7 Å². The van der Waals surface area contributed by atoms with Crippen molar-refractivity contribution in [2.24, 2.45) is 0 Å². The van der Waals surface area contributed by atoms with Crippen LogP contribution in [-0.2, 0) is 16.6 Å². The maximum absolute atomic E-state index is 14.2. The van der Waals surface area contributed by atoms with Gasteiger partial charge in [0.05, 0.1) is 23.3 Å². The number of pyridine rings is 1. The lowest BCUT2D eigenvalue weighted by molar-refractivity contribution is 0.181. The summed E-state index contributed by atoms with van der Waals surface area (Å²) in [6, 6.07) is 7.50. The van der Waals surface area contributed by atoms with Gasteiger partial charge in [0.1, 0.15) is 5.82 Å². The van der Waals surface area contributed by atoms with Crippen LogP contribution in [0.25, 0.3) is 0 Å². The highest BCUT2D eigenvalue weighted by atomic mass is 32.2. The van der Waals surface area contributed by atoms with Crippen LogP contribution in [0.1, 0.15) is 18.2 Å². The van der Waals surface area contributed by atoms with Crippen molar-refractivity contribution in [2.75, 3.05) is 42.6 Å². The zero-order valence-corrected chi connectivity index (χ0v) is 17.9.